The third kappa shape index (κ3) is 2.37. The van der Waals surface area contributed by atoms with Crippen LogP contribution < -0.4 is 4.74 Å². The molecule has 1 heterocycles. The average Bonchev–Trinajstić information content (AvgIpc) is 2.76. The van der Waals surface area contributed by atoms with Crippen molar-refractivity contribution >= 4 is 10.1 Å². The van der Waals surface area contributed by atoms with Crippen molar-refractivity contribution < 1.29 is 22.2 Å². The number of hydrogen-bond donors (Lipinski definition) is 1. The Bertz CT molecular complexity index is 630. The van der Waals surface area contributed by atoms with E-state index < -0.39 is 10.1 Å². The van der Waals surface area contributed by atoms with Gasteiger partial charge in [-0.05, 0) is 23.8 Å². The normalized spacial score (nSPS) is 11.6. The molecule has 0 unspecified atom stereocenters. The summed E-state index contributed by atoms with van der Waals surface area (Å²) >= 11 is 0. The van der Waals surface area contributed by atoms with Crippen LogP contribution in [-0.2, 0) is 16.7 Å². The van der Waals surface area contributed by atoms with Gasteiger partial charge in [0.15, 0.2) is 6.54 Å². The van der Waals surface area contributed by atoms with Crippen LogP contribution >= 0.6 is 0 Å². The summed E-state index contributed by atoms with van der Waals surface area (Å²) < 4.78 is 38.5. The lowest BCUT2D eigenvalue weighted by Gasteiger charge is -2.01. The summed E-state index contributed by atoms with van der Waals surface area (Å²) in [5.74, 6) is 0.403. The summed E-state index contributed by atoms with van der Waals surface area (Å²) in [6, 6.07) is 7.81. The van der Waals surface area contributed by atoms with Gasteiger partial charge in [0.1, 0.15) is 4.90 Å². The Labute approximate surface area is 99.0 Å². The van der Waals surface area contributed by atoms with Crippen molar-refractivity contribution in [2.45, 2.75) is 18.4 Å². The molecule has 0 saturated heterocycles. The molecule has 0 fully saturated rings. The molecule has 0 aliphatic heterocycles. The van der Waals surface area contributed by atoms with E-state index in [0.717, 1.165) is 0 Å². The van der Waals surface area contributed by atoms with Crippen LogP contribution in [0, 0.1) is 0 Å². The van der Waals surface area contributed by atoms with Crippen molar-refractivity contribution in [2.75, 3.05) is 0 Å². The van der Waals surface area contributed by atoms with Gasteiger partial charge in [0, 0.05) is 5.56 Å². The summed E-state index contributed by atoms with van der Waals surface area (Å²) in [5.41, 5.74) is 0.349. The molecule has 5 nitrogen and oxygen atoms in total. The standard InChI is InChI=1S/C11H11NO4S/c1-2-12-8-7-10(16-12)9-5-3-4-6-11(9)17(13,14)15/h3-8H,2H2,1H3/p+1. The van der Waals surface area contributed by atoms with Crippen LogP contribution in [0.1, 0.15) is 6.92 Å². The molecule has 1 aromatic carbocycles. The Morgan fingerprint density at radius 1 is 1.29 bits per heavy atom. The van der Waals surface area contributed by atoms with Crippen LogP contribution in [0.25, 0.3) is 11.3 Å². The lowest BCUT2D eigenvalue weighted by atomic mass is 10.2. The Hall–Kier alpha value is -1.66. The molecule has 0 aliphatic carbocycles. The van der Waals surface area contributed by atoms with Crippen LogP contribution in [-0.4, -0.2) is 13.0 Å². The predicted octanol–water partition coefficient (Wildman–Crippen LogP) is 1.50. The molecule has 0 atom stereocenters. The molecular formula is C11H12NO4S+. The lowest BCUT2D eigenvalue weighted by Crippen LogP contribution is -2.27. The number of hydrogen-bond acceptors (Lipinski definition) is 3. The van der Waals surface area contributed by atoms with Gasteiger partial charge in [-0.15, -0.1) is 0 Å². The van der Waals surface area contributed by atoms with E-state index in [0.29, 0.717) is 17.9 Å². The maximum Gasteiger partial charge on any atom is 0.295 e. The fourth-order valence-electron chi connectivity index (χ4n) is 1.54. The summed E-state index contributed by atoms with van der Waals surface area (Å²) in [6.07, 6.45) is 1.70. The van der Waals surface area contributed by atoms with E-state index in [1.807, 2.05) is 6.92 Å². The number of aryl methyl sites for hydroxylation is 1. The minimum Gasteiger partial charge on any atom is -0.282 e. The zero-order chi connectivity index (χ0) is 12.5. The van der Waals surface area contributed by atoms with Gasteiger partial charge >= 0.3 is 0 Å². The quantitative estimate of drug-likeness (QED) is 0.665. The van der Waals surface area contributed by atoms with Crippen molar-refractivity contribution in [3.05, 3.63) is 36.5 Å². The maximum absolute atomic E-state index is 11.2. The molecule has 0 amide bonds. The monoisotopic (exact) mass is 254 g/mol. The highest BCUT2D eigenvalue weighted by Gasteiger charge is 2.20. The molecule has 6 heteroatoms. The van der Waals surface area contributed by atoms with Gasteiger partial charge in [0.25, 0.3) is 10.1 Å². The third-order valence-electron chi connectivity index (χ3n) is 2.35. The third-order valence-corrected chi connectivity index (χ3v) is 3.26. The average molecular weight is 254 g/mol. The van der Waals surface area contributed by atoms with Gasteiger partial charge in [-0.2, -0.15) is 8.42 Å². The zero-order valence-electron chi connectivity index (χ0n) is 9.20. The van der Waals surface area contributed by atoms with E-state index in [9.17, 15) is 8.42 Å². The summed E-state index contributed by atoms with van der Waals surface area (Å²) in [6.45, 7) is 2.55. The zero-order valence-corrected chi connectivity index (χ0v) is 10.0. The van der Waals surface area contributed by atoms with E-state index in [4.69, 9.17) is 9.08 Å². The summed E-state index contributed by atoms with van der Waals surface area (Å²) in [5, 5.41) is 0. The first-order chi connectivity index (χ1) is 8.02. The van der Waals surface area contributed by atoms with Gasteiger partial charge in [0.2, 0.25) is 12.0 Å². The van der Waals surface area contributed by atoms with Crippen molar-refractivity contribution in [3.63, 3.8) is 0 Å². The second-order valence-electron chi connectivity index (χ2n) is 3.48. The Morgan fingerprint density at radius 3 is 2.59 bits per heavy atom. The molecule has 1 aromatic heterocycles. The molecule has 2 rings (SSSR count). The molecular weight excluding hydrogens is 242 g/mol. The fraction of sp³-hybridized carbons (Fsp3) is 0.182. The topological polar surface area (TPSA) is 71.4 Å². The van der Waals surface area contributed by atoms with Crippen LogP contribution in [0.5, 0.6) is 0 Å². The molecule has 1 N–H and O–H groups in total. The molecule has 0 spiro atoms. The largest absolute Gasteiger partial charge is 0.295 e. The Kier molecular flexibility index (Phi) is 2.99. The number of rotatable bonds is 3. The van der Waals surface area contributed by atoms with Gasteiger partial charge in [-0.3, -0.25) is 4.55 Å². The molecule has 0 radical (unpaired) electrons. The van der Waals surface area contributed by atoms with Crippen LogP contribution in [0.4, 0.5) is 0 Å². The van der Waals surface area contributed by atoms with Gasteiger partial charge in [-0.25, -0.2) is 4.52 Å². The van der Waals surface area contributed by atoms with Gasteiger partial charge < -0.3 is 0 Å². The van der Waals surface area contributed by atoms with Crippen LogP contribution in [0.15, 0.2) is 45.9 Å². The minimum atomic E-state index is -4.25. The molecule has 2 aromatic rings. The Morgan fingerprint density at radius 2 is 2.00 bits per heavy atom. The van der Waals surface area contributed by atoms with Crippen molar-refractivity contribution in [2.24, 2.45) is 0 Å². The highest BCUT2D eigenvalue weighted by molar-refractivity contribution is 7.86. The van der Waals surface area contributed by atoms with Crippen molar-refractivity contribution in [3.8, 4) is 11.3 Å². The van der Waals surface area contributed by atoms with E-state index in [1.54, 1.807) is 35.2 Å². The summed E-state index contributed by atoms with van der Waals surface area (Å²) in [4.78, 5) is -0.155. The summed E-state index contributed by atoms with van der Waals surface area (Å²) in [7, 11) is -4.25. The highest BCUT2D eigenvalue weighted by atomic mass is 32.2. The van der Waals surface area contributed by atoms with Crippen LogP contribution in [0.2, 0.25) is 0 Å². The highest BCUT2D eigenvalue weighted by Crippen LogP contribution is 2.26. The minimum absolute atomic E-state index is 0.155. The SMILES string of the molecule is CC[n+]1ccc(-c2ccccc2S(=O)(=O)O)o1. The molecule has 90 valence electrons. The first kappa shape index (κ1) is 11.8. The first-order valence-corrected chi connectivity index (χ1v) is 6.53. The lowest BCUT2D eigenvalue weighted by molar-refractivity contribution is -0.860. The smallest absolute Gasteiger partial charge is 0.282 e. The van der Waals surface area contributed by atoms with Gasteiger partial charge in [0.05, 0.1) is 6.07 Å². The van der Waals surface area contributed by atoms with E-state index in [-0.39, 0.29) is 4.90 Å². The first-order valence-electron chi connectivity index (χ1n) is 5.09. The maximum atomic E-state index is 11.2. The van der Waals surface area contributed by atoms with E-state index in [2.05, 4.69) is 0 Å². The number of aromatic nitrogens is 1. The molecule has 0 saturated carbocycles. The van der Waals surface area contributed by atoms with Crippen molar-refractivity contribution in [1.82, 2.24) is 0 Å². The van der Waals surface area contributed by atoms with Crippen molar-refractivity contribution in [1.29, 1.82) is 0 Å². The molecule has 17 heavy (non-hydrogen) atoms. The van der Waals surface area contributed by atoms with E-state index >= 15 is 0 Å². The van der Waals surface area contributed by atoms with E-state index in [1.165, 1.54) is 6.07 Å². The second kappa shape index (κ2) is 4.31. The van der Waals surface area contributed by atoms with Crippen LogP contribution in [0.3, 0.4) is 0 Å². The van der Waals surface area contributed by atoms with Gasteiger partial charge in [-0.1, -0.05) is 12.1 Å². The predicted molar refractivity (Wildman–Crippen MR) is 59.8 cm³/mol. The Balaban J connectivity index is 2.60. The molecule has 0 bridgehead atoms. The molecule has 0 aliphatic rings. The fourth-order valence-corrected chi connectivity index (χ4v) is 2.24. The second-order valence-corrected chi connectivity index (χ2v) is 4.87. The number of benzene rings is 1. The number of nitrogens with zero attached hydrogens (tertiary/aromatic N) is 1.